The molecule has 0 aliphatic rings. The highest BCUT2D eigenvalue weighted by Gasteiger charge is 2.23. The van der Waals surface area contributed by atoms with Gasteiger partial charge in [-0.1, -0.05) is 36.4 Å². The van der Waals surface area contributed by atoms with E-state index >= 15 is 0 Å². The molecule has 1 N–H and O–H groups in total. The van der Waals surface area contributed by atoms with E-state index in [0.29, 0.717) is 28.3 Å². The highest BCUT2D eigenvalue weighted by molar-refractivity contribution is 7.91. The van der Waals surface area contributed by atoms with Gasteiger partial charge in [0.25, 0.3) is 0 Å². The summed E-state index contributed by atoms with van der Waals surface area (Å²) in [6.07, 6.45) is 1.52. The molecule has 4 aromatic rings. The molecule has 0 spiro atoms. The van der Waals surface area contributed by atoms with Gasteiger partial charge in [-0.05, 0) is 25.1 Å². The van der Waals surface area contributed by atoms with Crippen LogP contribution in [0.15, 0.2) is 76.0 Å². The molecule has 1 amide bonds. The van der Waals surface area contributed by atoms with Gasteiger partial charge in [-0.15, -0.1) is 11.3 Å². The number of esters is 1. The van der Waals surface area contributed by atoms with Gasteiger partial charge >= 0.3 is 5.97 Å². The Hall–Kier alpha value is -3.50. The predicted molar refractivity (Wildman–Crippen MR) is 125 cm³/mol. The predicted octanol–water partition coefficient (Wildman–Crippen LogP) is 3.67. The maximum Gasteiger partial charge on any atom is 0.311 e. The van der Waals surface area contributed by atoms with E-state index in [1.807, 2.05) is 0 Å². The molecular weight excluding hydrogens is 462 g/mol. The quantitative estimate of drug-likeness (QED) is 0.383. The number of para-hydroxylation sites is 1. The van der Waals surface area contributed by atoms with Crippen molar-refractivity contribution in [2.24, 2.45) is 0 Å². The molecular formula is C23H21N3O5S2. The number of nitrogens with one attached hydrogen (secondary N) is 1. The van der Waals surface area contributed by atoms with Crippen LogP contribution in [0.5, 0.6) is 0 Å². The topological polar surface area (TPSA) is 107 Å². The number of hydrogen-bond donors (Lipinski definition) is 1. The number of amides is 1. The van der Waals surface area contributed by atoms with Crippen molar-refractivity contribution in [3.05, 3.63) is 71.9 Å². The molecule has 2 aromatic heterocycles. The van der Waals surface area contributed by atoms with Gasteiger partial charge in [0.05, 0.1) is 28.5 Å². The van der Waals surface area contributed by atoms with Crippen LogP contribution in [0.1, 0.15) is 12.6 Å². The maximum absolute atomic E-state index is 13.2. The van der Waals surface area contributed by atoms with Crippen LogP contribution in [-0.4, -0.2) is 36.5 Å². The van der Waals surface area contributed by atoms with Crippen molar-refractivity contribution >= 4 is 49.1 Å². The van der Waals surface area contributed by atoms with Gasteiger partial charge in [-0.2, -0.15) is 0 Å². The molecule has 0 aliphatic heterocycles. The van der Waals surface area contributed by atoms with Crippen LogP contribution in [0.25, 0.3) is 10.9 Å². The first kappa shape index (κ1) is 22.7. The van der Waals surface area contributed by atoms with E-state index < -0.39 is 9.84 Å². The summed E-state index contributed by atoms with van der Waals surface area (Å²) >= 11 is 1.20. The summed E-state index contributed by atoms with van der Waals surface area (Å²) in [5.74, 6) is -0.747. The molecule has 0 unspecified atom stereocenters. The lowest BCUT2D eigenvalue weighted by atomic mass is 10.2. The fourth-order valence-electron chi connectivity index (χ4n) is 3.40. The number of benzene rings is 2. The van der Waals surface area contributed by atoms with Gasteiger partial charge in [0, 0.05) is 22.5 Å². The van der Waals surface area contributed by atoms with Crippen molar-refractivity contribution in [1.29, 1.82) is 0 Å². The summed E-state index contributed by atoms with van der Waals surface area (Å²) in [6.45, 7) is 1.92. The average molecular weight is 484 g/mol. The molecule has 0 aliphatic carbocycles. The maximum atomic E-state index is 13.2. The molecule has 2 heterocycles. The van der Waals surface area contributed by atoms with E-state index in [2.05, 4.69) is 10.3 Å². The highest BCUT2D eigenvalue weighted by atomic mass is 32.2. The Kier molecular flexibility index (Phi) is 6.57. The van der Waals surface area contributed by atoms with Crippen molar-refractivity contribution in [1.82, 2.24) is 9.55 Å². The van der Waals surface area contributed by atoms with Crippen LogP contribution in [0, 0.1) is 0 Å². The normalized spacial score (nSPS) is 11.4. The number of hydrogen-bond acceptors (Lipinski definition) is 7. The van der Waals surface area contributed by atoms with E-state index in [1.54, 1.807) is 71.5 Å². The second-order valence-electron chi connectivity index (χ2n) is 7.13. The van der Waals surface area contributed by atoms with E-state index in [-0.39, 0.29) is 34.6 Å². The first-order chi connectivity index (χ1) is 15.9. The number of rotatable bonds is 8. The zero-order valence-corrected chi connectivity index (χ0v) is 19.4. The number of ether oxygens (including phenoxy) is 1. The van der Waals surface area contributed by atoms with Gasteiger partial charge < -0.3 is 14.6 Å². The van der Waals surface area contributed by atoms with Crippen LogP contribution in [-0.2, 0) is 37.1 Å². The van der Waals surface area contributed by atoms with Crippen molar-refractivity contribution in [3.63, 3.8) is 0 Å². The van der Waals surface area contributed by atoms with E-state index in [9.17, 15) is 18.0 Å². The molecule has 0 saturated heterocycles. The lowest BCUT2D eigenvalue weighted by Gasteiger charge is -2.05. The van der Waals surface area contributed by atoms with Crippen LogP contribution in [0.2, 0.25) is 0 Å². The number of fused-ring (bicyclic) bond motifs is 1. The fraction of sp³-hybridized carbons (Fsp3) is 0.174. The SMILES string of the molecule is CCOC(=O)Cc1csc(NC(=O)Cn2cc(S(=O)(=O)c3ccccc3)c3ccccc32)n1. The molecule has 170 valence electrons. The molecule has 2 aromatic carbocycles. The molecule has 0 bridgehead atoms. The van der Waals surface area contributed by atoms with E-state index in [1.165, 1.54) is 17.5 Å². The smallest absolute Gasteiger partial charge is 0.311 e. The van der Waals surface area contributed by atoms with E-state index in [4.69, 9.17) is 4.74 Å². The molecule has 4 rings (SSSR count). The summed E-state index contributed by atoms with van der Waals surface area (Å²) in [6, 6.07) is 15.2. The summed E-state index contributed by atoms with van der Waals surface area (Å²) in [7, 11) is -3.76. The van der Waals surface area contributed by atoms with Gasteiger partial charge in [-0.3, -0.25) is 9.59 Å². The molecule has 33 heavy (non-hydrogen) atoms. The van der Waals surface area contributed by atoms with E-state index in [0.717, 1.165) is 0 Å². The van der Waals surface area contributed by atoms with Crippen molar-refractivity contribution in [2.45, 2.75) is 29.7 Å². The van der Waals surface area contributed by atoms with Crippen LogP contribution in [0.3, 0.4) is 0 Å². The standard InChI is InChI=1S/C23H21N3O5S2/c1-2-31-22(28)12-16-15-32-23(24-16)25-21(27)14-26-13-20(18-10-6-7-11-19(18)26)33(29,30)17-8-4-3-5-9-17/h3-11,13,15H,2,12,14H2,1H3,(H,24,25,27). The molecule has 8 nitrogen and oxygen atoms in total. The number of nitrogens with zero attached hydrogens (tertiary/aromatic N) is 2. The fourth-order valence-corrected chi connectivity index (χ4v) is 5.63. The second kappa shape index (κ2) is 9.55. The Labute approximate surface area is 194 Å². The number of carbonyl (C=O) groups excluding carboxylic acids is 2. The first-order valence-corrected chi connectivity index (χ1v) is 12.5. The summed E-state index contributed by atoms with van der Waals surface area (Å²) < 4.78 is 32.9. The van der Waals surface area contributed by atoms with Gasteiger partial charge in [0.1, 0.15) is 6.54 Å². The Morgan fingerprint density at radius 3 is 2.58 bits per heavy atom. The molecule has 10 heteroatoms. The number of sulfone groups is 1. The third-order valence-corrected chi connectivity index (χ3v) is 7.44. The van der Waals surface area contributed by atoms with Crippen LogP contribution >= 0.6 is 11.3 Å². The monoisotopic (exact) mass is 483 g/mol. The zero-order chi connectivity index (χ0) is 23.4. The molecule has 0 saturated carbocycles. The van der Waals surface area contributed by atoms with Crippen LogP contribution in [0.4, 0.5) is 5.13 Å². The second-order valence-corrected chi connectivity index (χ2v) is 9.91. The Morgan fingerprint density at radius 2 is 1.82 bits per heavy atom. The Balaban J connectivity index is 1.56. The van der Waals surface area contributed by atoms with Crippen molar-refractivity contribution in [3.8, 4) is 0 Å². The third kappa shape index (κ3) is 4.96. The minimum absolute atomic E-state index is 0.0309. The highest BCUT2D eigenvalue weighted by Crippen LogP contribution is 2.30. The van der Waals surface area contributed by atoms with Crippen LogP contribution < -0.4 is 5.32 Å². The lowest BCUT2D eigenvalue weighted by molar-refractivity contribution is -0.142. The zero-order valence-electron chi connectivity index (χ0n) is 17.7. The number of carbonyl (C=O) groups is 2. The van der Waals surface area contributed by atoms with Crippen molar-refractivity contribution < 1.29 is 22.7 Å². The van der Waals surface area contributed by atoms with Gasteiger partial charge in [0.2, 0.25) is 15.7 Å². The molecule has 0 atom stereocenters. The Morgan fingerprint density at radius 1 is 1.09 bits per heavy atom. The number of anilines is 1. The minimum atomic E-state index is -3.76. The summed E-state index contributed by atoms with van der Waals surface area (Å²) in [5.41, 5.74) is 1.14. The van der Waals surface area contributed by atoms with Gasteiger partial charge in [-0.25, -0.2) is 13.4 Å². The lowest BCUT2D eigenvalue weighted by Crippen LogP contribution is -2.18. The Bertz CT molecular complexity index is 1410. The average Bonchev–Trinajstić information content (AvgIpc) is 3.39. The minimum Gasteiger partial charge on any atom is -0.466 e. The van der Waals surface area contributed by atoms with Crippen molar-refractivity contribution in [2.75, 3.05) is 11.9 Å². The molecule has 0 radical (unpaired) electrons. The molecule has 0 fully saturated rings. The first-order valence-electron chi connectivity index (χ1n) is 10.2. The number of thiazole rings is 1. The summed E-state index contributed by atoms with van der Waals surface area (Å²) in [4.78, 5) is 28.9. The largest absolute Gasteiger partial charge is 0.466 e. The number of aromatic nitrogens is 2. The van der Waals surface area contributed by atoms with Gasteiger partial charge in [0.15, 0.2) is 5.13 Å². The third-order valence-electron chi connectivity index (χ3n) is 4.84. The summed E-state index contributed by atoms with van der Waals surface area (Å²) in [5, 5.41) is 5.29.